The third-order valence-electron chi connectivity index (χ3n) is 2.12. The Bertz CT molecular complexity index is 431. The van der Waals surface area contributed by atoms with Gasteiger partial charge in [0.15, 0.2) is 5.76 Å². The normalized spacial score (nSPS) is 11.8. The van der Waals surface area contributed by atoms with E-state index in [9.17, 15) is 4.79 Å². The molecule has 0 aromatic carbocycles. The first-order chi connectivity index (χ1) is 7.67. The molecule has 4 heteroatoms. The van der Waals surface area contributed by atoms with Crippen molar-refractivity contribution in [2.75, 3.05) is 6.61 Å². The lowest BCUT2D eigenvalue weighted by molar-refractivity contribution is -0.432. The highest BCUT2D eigenvalue weighted by molar-refractivity contribution is 5.22. The molecular weight excluding hydrogens is 206 g/mol. The van der Waals surface area contributed by atoms with E-state index in [1.54, 1.807) is 6.07 Å². The maximum atomic E-state index is 11.3. The fraction of sp³-hybridized carbons (Fsp3) is 0.417. The molecule has 0 aliphatic heterocycles. The van der Waals surface area contributed by atoms with E-state index in [-0.39, 0.29) is 12.6 Å². The zero-order valence-corrected chi connectivity index (χ0v) is 9.36. The largest absolute Gasteiger partial charge is 0.481 e. The Labute approximate surface area is 94.4 Å². The van der Waals surface area contributed by atoms with Gasteiger partial charge < -0.3 is 14.9 Å². The molecule has 0 bridgehead atoms. The van der Waals surface area contributed by atoms with Gasteiger partial charge >= 0.3 is 5.63 Å². The maximum absolute atomic E-state index is 11.3. The molecule has 0 radical (unpaired) electrons. The molecule has 1 aromatic rings. The monoisotopic (exact) mass is 222 g/mol. The zero-order valence-electron chi connectivity index (χ0n) is 9.36. The van der Waals surface area contributed by atoms with E-state index in [4.69, 9.17) is 15.6 Å². The SMILES string of the molecule is C#CCOc1cc([C@H]([NH3+])CCC)oc(=O)c1. The Morgan fingerprint density at radius 3 is 3.00 bits per heavy atom. The Morgan fingerprint density at radius 2 is 2.38 bits per heavy atom. The van der Waals surface area contributed by atoms with Crippen LogP contribution in [0.15, 0.2) is 21.3 Å². The van der Waals surface area contributed by atoms with E-state index in [1.807, 2.05) is 0 Å². The molecule has 1 rings (SSSR count). The van der Waals surface area contributed by atoms with Gasteiger partial charge in [-0.2, -0.15) is 0 Å². The Kier molecular flexibility index (Phi) is 4.62. The van der Waals surface area contributed by atoms with E-state index >= 15 is 0 Å². The smallest absolute Gasteiger partial charge is 0.339 e. The molecule has 1 heterocycles. The summed E-state index contributed by atoms with van der Waals surface area (Å²) in [5.41, 5.74) is 3.50. The van der Waals surface area contributed by atoms with Gasteiger partial charge in [0.1, 0.15) is 18.4 Å². The zero-order chi connectivity index (χ0) is 12.0. The Hall–Kier alpha value is -1.73. The van der Waals surface area contributed by atoms with Crippen LogP contribution in [0.5, 0.6) is 5.75 Å². The number of hydrogen-bond acceptors (Lipinski definition) is 3. The van der Waals surface area contributed by atoms with Gasteiger partial charge in [0.05, 0.1) is 6.07 Å². The second-order valence-corrected chi connectivity index (χ2v) is 3.49. The third kappa shape index (κ3) is 3.44. The van der Waals surface area contributed by atoms with Gasteiger partial charge in [0.2, 0.25) is 0 Å². The van der Waals surface area contributed by atoms with Crippen LogP contribution in [0, 0.1) is 12.3 Å². The van der Waals surface area contributed by atoms with Crippen LogP contribution >= 0.6 is 0 Å². The molecule has 0 fully saturated rings. The van der Waals surface area contributed by atoms with Crippen molar-refractivity contribution in [1.82, 2.24) is 0 Å². The highest BCUT2D eigenvalue weighted by Crippen LogP contribution is 2.17. The minimum absolute atomic E-state index is 0.0351. The predicted octanol–water partition coefficient (Wildman–Crippen LogP) is 0.735. The molecule has 3 N–H and O–H groups in total. The summed E-state index contributed by atoms with van der Waals surface area (Å²) in [6.45, 7) is 2.19. The van der Waals surface area contributed by atoms with Crippen molar-refractivity contribution in [2.24, 2.45) is 0 Å². The lowest BCUT2D eigenvalue weighted by atomic mass is 10.1. The summed E-state index contributed by atoms with van der Waals surface area (Å²) in [6, 6.07) is 2.91. The topological polar surface area (TPSA) is 67.1 Å². The molecule has 16 heavy (non-hydrogen) atoms. The van der Waals surface area contributed by atoms with Crippen LogP contribution in [0.25, 0.3) is 0 Å². The summed E-state index contributed by atoms with van der Waals surface area (Å²) < 4.78 is 10.2. The average molecular weight is 222 g/mol. The second-order valence-electron chi connectivity index (χ2n) is 3.49. The lowest BCUT2D eigenvalue weighted by Crippen LogP contribution is -2.53. The molecule has 0 aliphatic carbocycles. The van der Waals surface area contributed by atoms with Crippen LogP contribution in [0.3, 0.4) is 0 Å². The molecule has 0 saturated carbocycles. The van der Waals surface area contributed by atoms with Gasteiger partial charge in [0, 0.05) is 12.5 Å². The van der Waals surface area contributed by atoms with E-state index in [2.05, 4.69) is 18.6 Å². The van der Waals surface area contributed by atoms with Gasteiger partial charge in [0.25, 0.3) is 0 Å². The van der Waals surface area contributed by atoms with Crippen molar-refractivity contribution >= 4 is 0 Å². The minimum atomic E-state index is -0.436. The summed E-state index contributed by atoms with van der Waals surface area (Å²) in [5.74, 6) is 3.32. The number of terminal acetylenes is 1. The van der Waals surface area contributed by atoms with E-state index in [0.717, 1.165) is 12.8 Å². The fourth-order valence-electron chi connectivity index (χ4n) is 1.37. The van der Waals surface area contributed by atoms with Gasteiger partial charge in [-0.3, -0.25) is 0 Å². The van der Waals surface area contributed by atoms with Crippen molar-refractivity contribution in [3.05, 3.63) is 28.3 Å². The predicted molar refractivity (Wildman–Crippen MR) is 59.8 cm³/mol. The minimum Gasteiger partial charge on any atom is -0.481 e. The third-order valence-corrected chi connectivity index (χ3v) is 2.12. The van der Waals surface area contributed by atoms with Crippen LogP contribution < -0.4 is 16.1 Å². The van der Waals surface area contributed by atoms with Crippen LogP contribution in [0.4, 0.5) is 0 Å². The molecule has 1 atom stereocenters. The number of ether oxygens (including phenoxy) is 1. The molecule has 0 amide bonds. The van der Waals surface area contributed by atoms with Gasteiger partial charge in [-0.15, -0.1) is 6.42 Å². The lowest BCUT2D eigenvalue weighted by Gasteiger charge is -2.07. The second kappa shape index (κ2) is 5.99. The first-order valence-corrected chi connectivity index (χ1v) is 5.21. The van der Waals surface area contributed by atoms with Crippen LogP contribution in [0.2, 0.25) is 0 Å². The standard InChI is InChI=1S/C12H15NO3/c1-3-5-10(13)11-7-9(15-6-4-2)8-12(14)16-11/h2,7-8,10H,3,5-6,13H2,1H3/p+1/t10-/m1/s1. The molecule has 86 valence electrons. The average Bonchev–Trinajstić information content (AvgIpc) is 2.26. The van der Waals surface area contributed by atoms with Crippen molar-refractivity contribution in [1.29, 1.82) is 0 Å². The van der Waals surface area contributed by atoms with Crippen LogP contribution in [-0.2, 0) is 0 Å². The summed E-state index contributed by atoms with van der Waals surface area (Å²) in [7, 11) is 0. The van der Waals surface area contributed by atoms with E-state index < -0.39 is 5.63 Å². The fourth-order valence-corrected chi connectivity index (χ4v) is 1.37. The maximum Gasteiger partial charge on any atom is 0.339 e. The molecule has 0 unspecified atom stereocenters. The summed E-state index contributed by atoms with van der Waals surface area (Å²) in [6.07, 6.45) is 6.91. The van der Waals surface area contributed by atoms with E-state index in [0.29, 0.717) is 11.5 Å². The molecule has 0 spiro atoms. The number of quaternary nitrogens is 1. The highest BCUT2D eigenvalue weighted by atomic mass is 16.5. The van der Waals surface area contributed by atoms with Gasteiger partial charge in [-0.05, 0) is 0 Å². The highest BCUT2D eigenvalue weighted by Gasteiger charge is 2.13. The van der Waals surface area contributed by atoms with Crippen molar-refractivity contribution in [3.63, 3.8) is 0 Å². The first-order valence-electron chi connectivity index (χ1n) is 5.21. The molecule has 0 aliphatic rings. The number of hydrogen-bond donors (Lipinski definition) is 1. The quantitative estimate of drug-likeness (QED) is 0.747. The van der Waals surface area contributed by atoms with Crippen molar-refractivity contribution in [2.45, 2.75) is 25.8 Å². The van der Waals surface area contributed by atoms with Crippen LogP contribution in [0.1, 0.15) is 31.6 Å². The van der Waals surface area contributed by atoms with Gasteiger partial charge in [-0.1, -0.05) is 19.3 Å². The molecule has 4 nitrogen and oxygen atoms in total. The number of rotatable bonds is 5. The van der Waals surface area contributed by atoms with Crippen molar-refractivity contribution in [3.8, 4) is 18.1 Å². The van der Waals surface area contributed by atoms with E-state index in [1.165, 1.54) is 6.07 Å². The molecular formula is C12H16NO3+. The van der Waals surface area contributed by atoms with Crippen molar-refractivity contribution < 1.29 is 14.9 Å². The Balaban J connectivity index is 2.90. The van der Waals surface area contributed by atoms with Gasteiger partial charge in [-0.25, -0.2) is 4.79 Å². The first kappa shape index (κ1) is 12.3. The van der Waals surface area contributed by atoms with Crippen LogP contribution in [-0.4, -0.2) is 6.61 Å². The Morgan fingerprint density at radius 1 is 1.62 bits per heavy atom. The summed E-state index contributed by atoms with van der Waals surface area (Å²) >= 11 is 0. The summed E-state index contributed by atoms with van der Waals surface area (Å²) in [5, 5.41) is 0. The summed E-state index contributed by atoms with van der Waals surface area (Å²) in [4.78, 5) is 11.3. The molecule has 0 saturated heterocycles. The molecule has 1 aromatic heterocycles.